The van der Waals surface area contributed by atoms with Crippen LogP contribution in [0.25, 0.3) is 0 Å². The Hall–Kier alpha value is -0.660. The van der Waals surface area contributed by atoms with E-state index in [2.05, 4.69) is 10.0 Å². The van der Waals surface area contributed by atoms with Gasteiger partial charge in [0.05, 0.1) is 6.26 Å². The summed E-state index contributed by atoms with van der Waals surface area (Å²) in [6.07, 6.45) is 5.39. The van der Waals surface area contributed by atoms with Crippen molar-refractivity contribution in [3.8, 4) is 0 Å². The summed E-state index contributed by atoms with van der Waals surface area (Å²) in [5, 5.41) is 2.83. The van der Waals surface area contributed by atoms with E-state index < -0.39 is 10.0 Å². The van der Waals surface area contributed by atoms with Gasteiger partial charge in [0.1, 0.15) is 0 Å². The van der Waals surface area contributed by atoms with Crippen LogP contribution in [0.15, 0.2) is 0 Å². The largest absolute Gasteiger partial charge is 0.356 e. The Kier molecular flexibility index (Phi) is 6.04. The molecule has 0 heterocycles. The fourth-order valence-corrected chi connectivity index (χ4v) is 2.68. The summed E-state index contributed by atoms with van der Waals surface area (Å²) < 4.78 is 24.0. The molecule has 4 N–H and O–H groups in total. The van der Waals surface area contributed by atoms with E-state index in [0.29, 0.717) is 19.5 Å². The highest BCUT2D eigenvalue weighted by atomic mass is 32.2. The summed E-state index contributed by atoms with van der Waals surface area (Å²) in [5.41, 5.74) is 5.83. The summed E-state index contributed by atoms with van der Waals surface area (Å²) >= 11 is 0. The van der Waals surface area contributed by atoms with Crippen molar-refractivity contribution in [2.45, 2.75) is 38.1 Å². The normalized spacial score (nSPS) is 24.8. The predicted octanol–water partition coefficient (Wildman–Crippen LogP) is -0.441. The molecule has 0 bridgehead atoms. The Labute approximate surface area is 109 Å². The first-order valence-corrected chi connectivity index (χ1v) is 8.25. The molecule has 1 aliphatic rings. The maximum absolute atomic E-state index is 11.8. The molecule has 1 aliphatic carbocycles. The van der Waals surface area contributed by atoms with Crippen LogP contribution in [0.4, 0.5) is 0 Å². The molecule has 18 heavy (non-hydrogen) atoms. The number of rotatable bonds is 6. The number of amides is 1. The lowest BCUT2D eigenvalue weighted by Crippen LogP contribution is -2.38. The Balaban J connectivity index is 2.13. The van der Waals surface area contributed by atoms with Gasteiger partial charge < -0.3 is 11.1 Å². The van der Waals surface area contributed by atoms with Gasteiger partial charge in [-0.3, -0.25) is 4.79 Å². The highest BCUT2D eigenvalue weighted by Crippen LogP contribution is 2.22. The topological polar surface area (TPSA) is 101 Å². The second-order valence-corrected chi connectivity index (χ2v) is 6.77. The molecule has 1 rings (SSSR count). The molecule has 1 fully saturated rings. The van der Waals surface area contributed by atoms with Gasteiger partial charge in [0.25, 0.3) is 0 Å². The summed E-state index contributed by atoms with van der Waals surface area (Å²) in [7, 11) is -3.13. The molecule has 0 spiro atoms. The van der Waals surface area contributed by atoms with Gasteiger partial charge in [-0.25, -0.2) is 13.1 Å². The Morgan fingerprint density at radius 1 is 1.33 bits per heavy atom. The van der Waals surface area contributed by atoms with Gasteiger partial charge in [-0.1, -0.05) is 6.42 Å². The number of nitrogens with one attached hydrogen (secondary N) is 2. The van der Waals surface area contributed by atoms with Crippen LogP contribution in [-0.4, -0.2) is 39.7 Å². The van der Waals surface area contributed by atoms with Gasteiger partial charge in [0.2, 0.25) is 15.9 Å². The molecule has 0 aromatic carbocycles. The first-order chi connectivity index (χ1) is 8.38. The van der Waals surface area contributed by atoms with Crippen LogP contribution in [0, 0.1) is 5.92 Å². The molecule has 2 atom stereocenters. The molecule has 0 aliphatic heterocycles. The minimum Gasteiger partial charge on any atom is -0.356 e. The molecule has 2 unspecified atom stereocenters. The summed E-state index contributed by atoms with van der Waals surface area (Å²) in [5.74, 6) is 0.0705. The van der Waals surface area contributed by atoms with Crippen molar-refractivity contribution in [2.24, 2.45) is 11.7 Å². The Bertz CT molecular complexity index is 370. The van der Waals surface area contributed by atoms with Crippen molar-refractivity contribution >= 4 is 15.9 Å². The molecule has 0 saturated heterocycles. The molecular formula is C11H23N3O3S. The number of nitrogens with two attached hydrogens (primary N) is 1. The first-order valence-electron chi connectivity index (χ1n) is 6.36. The van der Waals surface area contributed by atoms with Crippen molar-refractivity contribution in [3.05, 3.63) is 0 Å². The third-order valence-corrected chi connectivity index (χ3v) is 3.83. The molecule has 1 saturated carbocycles. The molecular weight excluding hydrogens is 254 g/mol. The molecule has 0 aromatic heterocycles. The third kappa shape index (κ3) is 6.32. The van der Waals surface area contributed by atoms with Crippen molar-refractivity contribution < 1.29 is 13.2 Å². The molecule has 6 nitrogen and oxygen atoms in total. The lowest BCUT2D eigenvalue weighted by atomic mass is 9.85. The maximum Gasteiger partial charge on any atom is 0.223 e. The predicted molar refractivity (Wildman–Crippen MR) is 70.4 cm³/mol. The zero-order valence-corrected chi connectivity index (χ0v) is 11.6. The zero-order chi connectivity index (χ0) is 13.6. The van der Waals surface area contributed by atoms with Crippen molar-refractivity contribution in [3.63, 3.8) is 0 Å². The first kappa shape index (κ1) is 15.4. The van der Waals surface area contributed by atoms with E-state index in [1.807, 2.05) is 0 Å². The molecule has 106 valence electrons. The van der Waals surface area contributed by atoms with Crippen molar-refractivity contribution in [1.82, 2.24) is 10.0 Å². The summed E-state index contributed by atoms with van der Waals surface area (Å²) in [4.78, 5) is 11.8. The quantitative estimate of drug-likeness (QED) is 0.573. The van der Waals surface area contributed by atoms with E-state index >= 15 is 0 Å². The fraction of sp³-hybridized carbons (Fsp3) is 0.909. The second-order valence-electron chi connectivity index (χ2n) is 4.93. The highest BCUT2D eigenvalue weighted by Gasteiger charge is 2.24. The minimum absolute atomic E-state index is 0.0246. The average molecular weight is 277 g/mol. The van der Waals surface area contributed by atoms with Crippen molar-refractivity contribution in [1.29, 1.82) is 0 Å². The van der Waals surface area contributed by atoms with Crippen molar-refractivity contribution in [2.75, 3.05) is 19.3 Å². The van der Waals surface area contributed by atoms with E-state index in [4.69, 9.17) is 5.73 Å². The van der Waals surface area contributed by atoms with E-state index in [9.17, 15) is 13.2 Å². The van der Waals surface area contributed by atoms with Gasteiger partial charge >= 0.3 is 0 Å². The Morgan fingerprint density at radius 2 is 2.06 bits per heavy atom. The zero-order valence-electron chi connectivity index (χ0n) is 10.8. The second kappa shape index (κ2) is 7.06. The van der Waals surface area contributed by atoms with Crippen LogP contribution >= 0.6 is 0 Å². The van der Waals surface area contributed by atoms with Crippen LogP contribution in [0.3, 0.4) is 0 Å². The Morgan fingerprint density at radius 3 is 2.67 bits per heavy atom. The smallest absolute Gasteiger partial charge is 0.223 e. The van der Waals surface area contributed by atoms with E-state index in [-0.39, 0.29) is 17.9 Å². The van der Waals surface area contributed by atoms with Crippen LogP contribution in [0.1, 0.15) is 32.1 Å². The summed E-state index contributed by atoms with van der Waals surface area (Å²) in [6.45, 7) is 0.844. The molecule has 0 aromatic rings. The standard InChI is InChI=1S/C11H23N3O3S/c1-18(16,17)14-7-3-6-13-11(15)9-4-2-5-10(12)8-9/h9-10,14H,2-8,12H2,1H3,(H,13,15). The van der Waals surface area contributed by atoms with Crippen LogP contribution in [0.5, 0.6) is 0 Å². The average Bonchev–Trinajstić information content (AvgIpc) is 2.26. The van der Waals surface area contributed by atoms with E-state index in [1.54, 1.807) is 0 Å². The lowest BCUT2D eigenvalue weighted by molar-refractivity contribution is -0.126. The number of hydrogen-bond donors (Lipinski definition) is 3. The number of carbonyl (C=O) groups excluding carboxylic acids is 1. The third-order valence-electron chi connectivity index (χ3n) is 3.10. The van der Waals surface area contributed by atoms with Gasteiger partial charge in [0, 0.05) is 25.0 Å². The highest BCUT2D eigenvalue weighted by molar-refractivity contribution is 7.88. The fourth-order valence-electron chi connectivity index (χ4n) is 2.17. The van der Waals surface area contributed by atoms with Gasteiger partial charge in [0.15, 0.2) is 0 Å². The molecule has 1 amide bonds. The SMILES string of the molecule is CS(=O)(=O)NCCCNC(=O)C1CCCC(N)C1. The van der Waals surface area contributed by atoms with Crippen LogP contribution in [0.2, 0.25) is 0 Å². The lowest BCUT2D eigenvalue weighted by Gasteiger charge is -2.25. The maximum atomic E-state index is 11.8. The number of hydrogen-bond acceptors (Lipinski definition) is 4. The van der Waals surface area contributed by atoms with Crippen LogP contribution in [-0.2, 0) is 14.8 Å². The van der Waals surface area contributed by atoms with Gasteiger partial charge in [-0.15, -0.1) is 0 Å². The molecule has 0 radical (unpaired) electrons. The number of carbonyl (C=O) groups is 1. The minimum atomic E-state index is -3.13. The molecule has 7 heteroatoms. The van der Waals surface area contributed by atoms with E-state index in [1.165, 1.54) is 0 Å². The monoisotopic (exact) mass is 277 g/mol. The summed E-state index contributed by atoms with van der Waals surface area (Å²) in [6, 6.07) is 0.140. The van der Waals surface area contributed by atoms with Gasteiger partial charge in [-0.05, 0) is 25.7 Å². The number of sulfonamides is 1. The van der Waals surface area contributed by atoms with Crippen LogP contribution < -0.4 is 15.8 Å². The van der Waals surface area contributed by atoms with E-state index in [0.717, 1.165) is 31.9 Å². The van der Waals surface area contributed by atoms with Gasteiger partial charge in [-0.2, -0.15) is 0 Å².